The van der Waals surface area contributed by atoms with Crippen molar-refractivity contribution in [3.8, 4) is 11.1 Å². The van der Waals surface area contributed by atoms with Gasteiger partial charge in [0.1, 0.15) is 0 Å². The predicted octanol–water partition coefficient (Wildman–Crippen LogP) is 10.8. The lowest BCUT2D eigenvalue weighted by molar-refractivity contribution is -0.384. The normalized spacial score (nSPS) is 11.0. The molecule has 0 aromatic heterocycles. The van der Waals surface area contributed by atoms with Crippen molar-refractivity contribution in [2.75, 3.05) is 16.8 Å². The molecular weight excluding hydrogens is 542 g/mol. The number of non-ortho nitro benzene ring substituents is 1. The van der Waals surface area contributed by atoms with Crippen LogP contribution in [0.4, 0.5) is 34.1 Å². The average molecular weight is 572 g/mol. The zero-order valence-corrected chi connectivity index (χ0v) is 24.2. The van der Waals surface area contributed by atoms with Crippen molar-refractivity contribution in [1.29, 1.82) is 0 Å². The summed E-state index contributed by atoms with van der Waals surface area (Å²) in [6, 6.07) is 53.6. The summed E-state index contributed by atoms with van der Waals surface area (Å²) in [4.78, 5) is 15.2. The van der Waals surface area contributed by atoms with Crippen molar-refractivity contribution >= 4 is 55.7 Å². The molecule has 0 saturated carbocycles. The van der Waals surface area contributed by atoms with E-state index in [0.717, 1.165) is 39.6 Å². The van der Waals surface area contributed by atoms with Crippen molar-refractivity contribution in [1.82, 2.24) is 0 Å². The molecule has 0 radical (unpaired) electrons. The molecule has 0 atom stereocenters. The lowest BCUT2D eigenvalue weighted by Gasteiger charge is -2.28. The summed E-state index contributed by atoms with van der Waals surface area (Å²) in [5.74, 6) is 0. The predicted molar refractivity (Wildman–Crippen MR) is 183 cm³/mol. The summed E-state index contributed by atoms with van der Waals surface area (Å²) in [5, 5.41) is 16.0. The molecule has 44 heavy (non-hydrogen) atoms. The van der Waals surface area contributed by atoms with Gasteiger partial charge in [0.2, 0.25) is 0 Å². The molecular formula is C39H29N3O2. The molecule has 5 nitrogen and oxygen atoms in total. The highest BCUT2D eigenvalue weighted by atomic mass is 16.6. The first-order valence-electron chi connectivity index (χ1n) is 14.5. The molecule has 0 saturated heterocycles. The number of fused-ring (bicyclic) bond motifs is 2. The Morgan fingerprint density at radius 3 is 1.52 bits per heavy atom. The quantitative estimate of drug-likeness (QED) is 0.141. The molecule has 0 N–H and O–H groups in total. The van der Waals surface area contributed by atoms with Crippen molar-refractivity contribution in [2.45, 2.75) is 0 Å². The minimum atomic E-state index is -0.369. The molecule has 0 spiro atoms. The maximum atomic E-state index is 11.2. The highest BCUT2D eigenvalue weighted by molar-refractivity contribution is 6.04. The van der Waals surface area contributed by atoms with E-state index in [2.05, 4.69) is 126 Å². The lowest BCUT2D eigenvalue weighted by atomic mass is 10.0. The van der Waals surface area contributed by atoms with Crippen LogP contribution in [-0.4, -0.2) is 12.0 Å². The number of rotatable bonds is 7. The first-order valence-corrected chi connectivity index (χ1v) is 14.5. The number of benzene rings is 7. The van der Waals surface area contributed by atoms with Gasteiger partial charge in [0.25, 0.3) is 5.69 Å². The van der Waals surface area contributed by atoms with Crippen LogP contribution in [0.1, 0.15) is 0 Å². The van der Waals surface area contributed by atoms with Gasteiger partial charge in [0.15, 0.2) is 0 Å². The van der Waals surface area contributed by atoms with E-state index in [-0.39, 0.29) is 10.6 Å². The van der Waals surface area contributed by atoms with E-state index in [1.165, 1.54) is 27.6 Å². The number of anilines is 5. The van der Waals surface area contributed by atoms with Gasteiger partial charge in [-0.25, -0.2) is 0 Å². The Morgan fingerprint density at radius 1 is 0.500 bits per heavy atom. The second-order valence-corrected chi connectivity index (χ2v) is 10.8. The first-order chi connectivity index (χ1) is 21.6. The van der Waals surface area contributed by atoms with Crippen LogP contribution in [0, 0.1) is 10.1 Å². The Labute approximate surface area is 256 Å². The standard InChI is InChI=1S/C39H29N3O2/c1-40(34-13-8-14-35(27-34)42(43)44)32-23-19-28(20-24-32)29-21-25-33(26-22-29)41(38-17-6-11-30-9-2-4-15-36(30)38)39-18-7-12-31-10-3-5-16-37(31)39/h2-27H,1H3. The van der Waals surface area contributed by atoms with E-state index in [0.29, 0.717) is 0 Å². The largest absolute Gasteiger partial charge is 0.344 e. The fraction of sp³-hybridized carbons (Fsp3) is 0.0256. The molecule has 0 aliphatic rings. The highest BCUT2D eigenvalue weighted by Gasteiger charge is 2.18. The molecule has 0 heterocycles. The van der Waals surface area contributed by atoms with Gasteiger partial charge in [0.05, 0.1) is 16.3 Å². The van der Waals surface area contributed by atoms with E-state index in [9.17, 15) is 10.1 Å². The average Bonchev–Trinajstić information content (AvgIpc) is 3.09. The summed E-state index contributed by atoms with van der Waals surface area (Å²) < 4.78 is 0. The second-order valence-electron chi connectivity index (χ2n) is 10.8. The second kappa shape index (κ2) is 11.4. The van der Waals surface area contributed by atoms with Gasteiger partial charge in [-0.15, -0.1) is 0 Å². The lowest BCUT2D eigenvalue weighted by Crippen LogP contribution is -2.11. The molecule has 0 bridgehead atoms. The van der Waals surface area contributed by atoms with Crippen LogP contribution in [0.3, 0.4) is 0 Å². The van der Waals surface area contributed by atoms with E-state index in [4.69, 9.17) is 0 Å². The molecule has 7 aromatic carbocycles. The van der Waals surface area contributed by atoms with Crippen LogP contribution in [-0.2, 0) is 0 Å². The Bertz CT molecular complexity index is 2030. The molecule has 7 aromatic rings. The van der Waals surface area contributed by atoms with Gasteiger partial charge in [-0.05, 0) is 64.4 Å². The minimum absolute atomic E-state index is 0.0760. The molecule has 0 amide bonds. The Morgan fingerprint density at radius 2 is 0.977 bits per heavy atom. The number of nitro benzene ring substituents is 1. The molecule has 0 unspecified atom stereocenters. The van der Waals surface area contributed by atoms with E-state index < -0.39 is 0 Å². The fourth-order valence-corrected chi connectivity index (χ4v) is 5.86. The third-order valence-electron chi connectivity index (χ3n) is 8.16. The Hall–Kier alpha value is -5.94. The van der Waals surface area contributed by atoms with Crippen LogP contribution in [0.25, 0.3) is 32.7 Å². The summed E-state index contributed by atoms with van der Waals surface area (Å²) in [6.45, 7) is 0. The van der Waals surface area contributed by atoms with Crippen LogP contribution < -0.4 is 9.80 Å². The number of hydrogen-bond acceptors (Lipinski definition) is 4. The maximum absolute atomic E-state index is 11.2. The van der Waals surface area contributed by atoms with Crippen LogP contribution >= 0.6 is 0 Å². The topological polar surface area (TPSA) is 49.6 Å². The monoisotopic (exact) mass is 571 g/mol. The first kappa shape index (κ1) is 26.9. The SMILES string of the molecule is CN(c1ccc(-c2ccc(N(c3cccc4ccccc34)c3cccc4ccccc34)cc2)cc1)c1cccc([N+](=O)[O-])c1. The Kier molecular flexibility index (Phi) is 6.97. The van der Waals surface area contributed by atoms with Crippen LogP contribution in [0.15, 0.2) is 158 Å². The highest BCUT2D eigenvalue weighted by Crippen LogP contribution is 2.42. The summed E-state index contributed by atoms with van der Waals surface area (Å²) in [6.07, 6.45) is 0. The van der Waals surface area contributed by atoms with Crippen molar-refractivity contribution in [3.63, 3.8) is 0 Å². The van der Waals surface area contributed by atoms with Crippen LogP contribution in [0.5, 0.6) is 0 Å². The van der Waals surface area contributed by atoms with Gasteiger partial charge in [0, 0.05) is 47.0 Å². The van der Waals surface area contributed by atoms with E-state index in [1.807, 2.05) is 30.1 Å². The Balaban J connectivity index is 1.25. The van der Waals surface area contributed by atoms with Crippen molar-refractivity contribution < 1.29 is 4.92 Å². The summed E-state index contributed by atoms with van der Waals surface area (Å²) in [7, 11) is 1.91. The van der Waals surface area contributed by atoms with Crippen molar-refractivity contribution in [3.05, 3.63) is 168 Å². The molecule has 0 aliphatic carbocycles. The number of nitro groups is 1. The number of nitrogens with zero attached hydrogens (tertiary/aromatic N) is 3. The molecule has 0 aliphatic heterocycles. The summed E-state index contributed by atoms with van der Waals surface area (Å²) in [5.41, 5.74) is 7.31. The van der Waals surface area contributed by atoms with Gasteiger partial charge in [-0.1, -0.05) is 103 Å². The van der Waals surface area contributed by atoms with Gasteiger partial charge in [-0.3, -0.25) is 10.1 Å². The van der Waals surface area contributed by atoms with Crippen molar-refractivity contribution in [2.24, 2.45) is 0 Å². The summed E-state index contributed by atoms with van der Waals surface area (Å²) >= 11 is 0. The third kappa shape index (κ3) is 5.01. The fourth-order valence-electron chi connectivity index (χ4n) is 5.86. The van der Waals surface area contributed by atoms with Gasteiger partial charge < -0.3 is 9.80 Å². The maximum Gasteiger partial charge on any atom is 0.271 e. The molecule has 7 rings (SSSR count). The van der Waals surface area contributed by atoms with Gasteiger partial charge in [-0.2, -0.15) is 0 Å². The molecule has 5 heteroatoms. The van der Waals surface area contributed by atoms with E-state index >= 15 is 0 Å². The van der Waals surface area contributed by atoms with Gasteiger partial charge >= 0.3 is 0 Å². The minimum Gasteiger partial charge on any atom is -0.344 e. The zero-order valence-electron chi connectivity index (χ0n) is 24.2. The van der Waals surface area contributed by atoms with Crippen LogP contribution in [0.2, 0.25) is 0 Å². The third-order valence-corrected chi connectivity index (χ3v) is 8.16. The zero-order chi connectivity index (χ0) is 30.0. The number of hydrogen-bond donors (Lipinski definition) is 0. The molecule has 0 fully saturated rings. The molecule has 212 valence electrons. The smallest absolute Gasteiger partial charge is 0.271 e. The van der Waals surface area contributed by atoms with E-state index in [1.54, 1.807) is 12.1 Å².